The summed E-state index contributed by atoms with van der Waals surface area (Å²) in [5, 5.41) is 9.44. The number of nitrogens with zero attached hydrogens (tertiary/aromatic N) is 3. The Kier molecular flexibility index (Phi) is 4.09. The number of aryl methyl sites for hydroxylation is 1. The molecule has 0 saturated carbocycles. The van der Waals surface area contributed by atoms with Crippen molar-refractivity contribution in [1.29, 1.82) is 0 Å². The van der Waals surface area contributed by atoms with Crippen LogP contribution in [0.2, 0.25) is 0 Å². The molecule has 2 aromatic heterocycles. The largest absolute Gasteiger partial charge is 0.361 e. The molecule has 0 amide bonds. The summed E-state index contributed by atoms with van der Waals surface area (Å²) in [6.07, 6.45) is 2.79. The van der Waals surface area contributed by atoms with E-state index in [1.165, 1.54) is 0 Å². The highest BCUT2D eigenvalue weighted by atomic mass is 32.1. The average Bonchev–Trinajstić information content (AvgIpc) is 2.89. The summed E-state index contributed by atoms with van der Waals surface area (Å²) in [6.45, 7) is 4.09. The van der Waals surface area contributed by atoms with Crippen LogP contribution < -0.4 is 10.6 Å². The van der Waals surface area contributed by atoms with Crippen LogP contribution >= 0.6 is 11.3 Å². The first kappa shape index (κ1) is 12.8. The maximum Gasteiger partial charge on any atom is 0.224 e. The topological polar surface area (TPSA) is 62.7 Å². The fraction of sp³-hybridized carbons (Fsp3) is 0.417. The van der Waals surface area contributed by atoms with E-state index in [4.69, 9.17) is 0 Å². The molecule has 0 fully saturated rings. The summed E-state index contributed by atoms with van der Waals surface area (Å²) >= 11 is 1.66. The van der Waals surface area contributed by atoms with Crippen LogP contribution in [0.3, 0.4) is 0 Å². The molecule has 0 radical (unpaired) electrons. The molecular formula is C12H17N5S. The minimum absolute atomic E-state index is 0.198. The van der Waals surface area contributed by atoms with Gasteiger partial charge in [-0.25, -0.2) is 9.97 Å². The van der Waals surface area contributed by atoms with Gasteiger partial charge in [-0.2, -0.15) is 4.98 Å². The first-order valence-corrected chi connectivity index (χ1v) is 6.80. The van der Waals surface area contributed by atoms with Crippen LogP contribution in [0.5, 0.6) is 0 Å². The second-order valence-corrected chi connectivity index (χ2v) is 4.87. The van der Waals surface area contributed by atoms with Gasteiger partial charge in [0.05, 0.1) is 6.04 Å². The Labute approximate surface area is 111 Å². The molecule has 1 unspecified atom stereocenters. The number of nitrogens with one attached hydrogen (secondary N) is 2. The van der Waals surface area contributed by atoms with Crippen LogP contribution in [0.15, 0.2) is 17.6 Å². The Morgan fingerprint density at radius 3 is 2.83 bits per heavy atom. The summed E-state index contributed by atoms with van der Waals surface area (Å²) in [5.41, 5.74) is 0.936. The molecule has 0 saturated heterocycles. The molecule has 0 aromatic carbocycles. The molecule has 2 N–H and O–H groups in total. The number of thiazole rings is 1. The normalized spacial score (nSPS) is 12.2. The van der Waals surface area contributed by atoms with Gasteiger partial charge in [0.2, 0.25) is 5.95 Å². The predicted molar refractivity (Wildman–Crippen MR) is 75.1 cm³/mol. The molecule has 2 heterocycles. The lowest BCUT2D eigenvalue weighted by Crippen LogP contribution is -2.12. The van der Waals surface area contributed by atoms with Crippen molar-refractivity contribution in [2.24, 2.45) is 0 Å². The molecule has 6 heteroatoms. The monoisotopic (exact) mass is 263 g/mol. The molecule has 5 nitrogen and oxygen atoms in total. The van der Waals surface area contributed by atoms with Crippen molar-refractivity contribution in [3.63, 3.8) is 0 Å². The fourth-order valence-electron chi connectivity index (χ4n) is 1.68. The number of hydrogen-bond donors (Lipinski definition) is 2. The summed E-state index contributed by atoms with van der Waals surface area (Å²) < 4.78 is 0. The minimum atomic E-state index is 0.198. The molecule has 1 atom stereocenters. The molecule has 18 heavy (non-hydrogen) atoms. The summed E-state index contributed by atoms with van der Waals surface area (Å²) in [5.74, 6) is 1.46. The molecule has 0 spiro atoms. The zero-order chi connectivity index (χ0) is 13.0. The number of aromatic nitrogens is 3. The second kappa shape index (κ2) is 5.77. The van der Waals surface area contributed by atoms with E-state index in [2.05, 4.69) is 32.5 Å². The highest BCUT2D eigenvalue weighted by Crippen LogP contribution is 2.23. The Hall–Kier alpha value is -1.69. The maximum atomic E-state index is 4.39. The Morgan fingerprint density at radius 2 is 2.22 bits per heavy atom. The van der Waals surface area contributed by atoms with Crippen LogP contribution in [-0.2, 0) is 0 Å². The Balaban J connectivity index is 2.19. The van der Waals surface area contributed by atoms with Crippen LogP contribution in [0.4, 0.5) is 11.8 Å². The van der Waals surface area contributed by atoms with Gasteiger partial charge < -0.3 is 10.6 Å². The van der Waals surface area contributed by atoms with E-state index in [1.807, 2.05) is 31.6 Å². The van der Waals surface area contributed by atoms with E-state index in [9.17, 15) is 0 Å². The lowest BCUT2D eigenvalue weighted by atomic mass is 10.2. The van der Waals surface area contributed by atoms with Crippen LogP contribution in [-0.4, -0.2) is 22.0 Å². The third-order valence-electron chi connectivity index (χ3n) is 2.56. The summed E-state index contributed by atoms with van der Waals surface area (Å²) in [7, 11) is 1.82. The quantitative estimate of drug-likeness (QED) is 0.868. The molecule has 2 aromatic rings. The standard InChI is InChI=1S/C12H17N5S/c1-4-9(11-14-5-6-18-11)16-10-7-8(2)15-12(13-3)17-10/h5-7,9H,4H2,1-3H3,(H2,13,15,16,17). The van der Waals surface area contributed by atoms with Crippen molar-refractivity contribution in [2.75, 3.05) is 17.7 Å². The van der Waals surface area contributed by atoms with Crippen LogP contribution in [0, 0.1) is 6.92 Å². The third kappa shape index (κ3) is 2.95. The first-order valence-electron chi connectivity index (χ1n) is 5.92. The Bertz CT molecular complexity index is 497. The molecule has 2 rings (SSSR count). The average molecular weight is 263 g/mol. The van der Waals surface area contributed by atoms with Gasteiger partial charge in [-0.1, -0.05) is 6.92 Å². The molecule has 0 aliphatic rings. The van der Waals surface area contributed by atoms with Crippen LogP contribution in [0.1, 0.15) is 30.1 Å². The van der Waals surface area contributed by atoms with E-state index in [1.54, 1.807) is 11.3 Å². The van der Waals surface area contributed by atoms with Crippen molar-refractivity contribution in [3.05, 3.63) is 28.3 Å². The second-order valence-electron chi connectivity index (χ2n) is 3.94. The summed E-state index contributed by atoms with van der Waals surface area (Å²) in [4.78, 5) is 13.0. The molecule has 0 aliphatic heterocycles. The molecule has 0 aliphatic carbocycles. The summed E-state index contributed by atoms with van der Waals surface area (Å²) in [6, 6.07) is 2.14. The lowest BCUT2D eigenvalue weighted by Gasteiger charge is -2.15. The third-order valence-corrected chi connectivity index (χ3v) is 3.45. The van der Waals surface area contributed by atoms with Gasteiger partial charge in [-0.05, 0) is 13.3 Å². The fourth-order valence-corrected chi connectivity index (χ4v) is 2.45. The van der Waals surface area contributed by atoms with Crippen LogP contribution in [0.25, 0.3) is 0 Å². The van der Waals surface area contributed by atoms with Crippen molar-refractivity contribution >= 4 is 23.1 Å². The van der Waals surface area contributed by atoms with Crippen molar-refractivity contribution < 1.29 is 0 Å². The van der Waals surface area contributed by atoms with E-state index < -0.39 is 0 Å². The van der Waals surface area contributed by atoms with E-state index in [0.717, 1.165) is 22.9 Å². The van der Waals surface area contributed by atoms with Gasteiger partial charge in [-0.15, -0.1) is 11.3 Å². The number of hydrogen-bond acceptors (Lipinski definition) is 6. The van der Waals surface area contributed by atoms with Gasteiger partial charge in [0.1, 0.15) is 10.8 Å². The lowest BCUT2D eigenvalue weighted by molar-refractivity contribution is 0.736. The predicted octanol–water partition coefficient (Wildman–Crippen LogP) is 2.85. The highest BCUT2D eigenvalue weighted by Gasteiger charge is 2.13. The smallest absolute Gasteiger partial charge is 0.224 e. The number of rotatable bonds is 5. The number of anilines is 2. The minimum Gasteiger partial charge on any atom is -0.361 e. The van der Waals surface area contributed by atoms with Crippen molar-refractivity contribution in [2.45, 2.75) is 26.3 Å². The molecule has 96 valence electrons. The molecular weight excluding hydrogens is 246 g/mol. The zero-order valence-corrected chi connectivity index (χ0v) is 11.6. The van der Waals surface area contributed by atoms with E-state index in [-0.39, 0.29) is 6.04 Å². The highest BCUT2D eigenvalue weighted by molar-refractivity contribution is 7.09. The van der Waals surface area contributed by atoms with Gasteiger partial charge in [-0.3, -0.25) is 0 Å². The zero-order valence-electron chi connectivity index (χ0n) is 10.8. The van der Waals surface area contributed by atoms with Crippen molar-refractivity contribution in [1.82, 2.24) is 15.0 Å². The SMILES string of the molecule is CCC(Nc1cc(C)nc(NC)n1)c1nccs1. The molecule has 0 bridgehead atoms. The van der Waals surface area contributed by atoms with Gasteiger partial charge in [0, 0.05) is 30.4 Å². The van der Waals surface area contributed by atoms with Crippen molar-refractivity contribution in [3.8, 4) is 0 Å². The van der Waals surface area contributed by atoms with Gasteiger partial charge in [0.15, 0.2) is 0 Å². The first-order chi connectivity index (χ1) is 8.72. The van der Waals surface area contributed by atoms with Gasteiger partial charge >= 0.3 is 0 Å². The van der Waals surface area contributed by atoms with E-state index >= 15 is 0 Å². The van der Waals surface area contributed by atoms with E-state index in [0.29, 0.717) is 5.95 Å². The maximum absolute atomic E-state index is 4.39. The van der Waals surface area contributed by atoms with Gasteiger partial charge in [0.25, 0.3) is 0 Å². The Morgan fingerprint density at radius 1 is 1.39 bits per heavy atom.